The summed E-state index contributed by atoms with van der Waals surface area (Å²) in [7, 11) is 0. The topological polar surface area (TPSA) is 99.7 Å². The molecule has 0 saturated heterocycles. The van der Waals surface area contributed by atoms with Gasteiger partial charge in [0.15, 0.2) is 5.88 Å². The minimum Gasteiger partial charge on any atom is -0.494 e. The highest BCUT2D eigenvalue weighted by Gasteiger charge is 2.11. The minimum atomic E-state index is 0.0903. The smallest absolute Gasteiger partial charge is 0.196 e. The Morgan fingerprint density at radius 1 is 0.966 bits per heavy atom. The first-order valence-corrected chi connectivity index (χ1v) is 9.14. The summed E-state index contributed by atoms with van der Waals surface area (Å²) in [5.41, 5.74) is 10.7. The van der Waals surface area contributed by atoms with Crippen LogP contribution in [0.4, 0.5) is 11.4 Å². The van der Waals surface area contributed by atoms with Crippen LogP contribution in [0.25, 0.3) is 28.8 Å². The molecule has 0 bridgehead atoms. The van der Waals surface area contributed by atoms with Crippen LogP contribution in [0.2, 0.25) is 0 Å². The Kier molecular flexibility index (Phi) is 3.95. The van der Waals surface area contributed by atoms with E-state index in [1.807, 2.05) is 60.7 Å². The molecule has 0 atom stereocenters. The van der Waals surface area contributed by atoms with Crippen molar-refractivity contribution in [2.75, 3.05) is 5.73 Å². The molecule has 0 aliphatic carbocycles. The van der Waals surface area contributed by atoms with Crippen molar-refractivity contribution in [1.29, 1.82) is 0 Å². The van der Waals surface area contributed by atoms with Gasteiger partial charge in [-0.15, -0.1) is 10.2 Å². The number of azo groups is 1. The third-order valence-electron chi connectivity index (χ3n) is 4.90. The number of hydrogen-bond donors (Lipinski definition) is 3. The zero-order valence-electron chi connectivity index (χ0n) is 15.4. The second-order valence-corrected chi connectivity index (χ2v) is 6.78. The lowest BCUT2D eigenvalue weighted by Crippen LogP contribution is -2.08. The van der Waals surface area contributed by atoms with Gasteiger partial charge in [-0.25, -0.2) is 0 Å². The third kappa shape index (κ3) is 3.06. The van der Waals surface area contributed by atoms with Gasteiger partial charge in [0.05, 0.1) is 22.6 Å². The maximum atomic E-state index is 10.3. The van der Waals surface area contributed by atoms with E-state index in [-0.39, 0.29) is 5.88 Å². The molecule has 1 aliphatic rings. The first-order chi connectivity index (χ1) is 14.2. The summed E-state index contributed by atoms with van der Waals surface area (Å²) in [4.78, 5) is 6.96. The molecule has 1 aliphatic heterocycles. The van der Waals surface area contributed by atoms with Gasteiger partial charge < -0.3 is 15.8 Å². The van der Waals surface area contributed by atoms with Gasteiger partial charge in [0.1, 0.15) is 0 Å². The van der Waals surface area contributed by atoms with Crippen LogP contribution in [0.1, 0.15) is 11.1 Å². The molecule has 6 nitrogen and oxygen atoms in total. The molecule has 0 fully saturated rings. The number of nitrogen functional groups attached to an aromatic ring is 1. The van der Waals surface area contributed by atoms with Crippen molar-refractivity contribution in [1.82, 2.24) is 9.97 Å². The number of aromatic amines is 1. The molecule has 0 amide bonds. The van der Waals surface area contributed by atoms with Crippen LogP contribution in [-0.4, -0.2) is 15.1 Å². The van der Waals surface area contributed by atoms with E-state index in [1.165, 1.54) is 0 Å². The molecule has 0 radical (unpaired) electrons. The predicted molar refractivity (Wildman–Crippen MR) is 115 cm³/mol. The summed E-state index contributed by atoms with van der Waals surface area (Å²) in [6, 6.07) is 15.4. The van der Waals surface area contributed by atoms with Crippen molar-refractivity contribution < 1.29 is 5.11 Å². The molecule has 0 spiro atoms. The average Bonchev–Trinajstić information content (AvgIpc) is 3.29. The average molecular weight is 379 g/mol. The number of nitrogens with one attached hydrogen (secondary N) is 1. The van der Waals surface area contributed by atoms with Gasteiger partial charge in [-0.05, 0) is 53.3 Å². The van der Waals surface area contributed by atoms with Crippen LogP contribution in [0.5, 0.6) is 5.88 Å². The van der Waals surface area contributed by atoms with E-state index >= 15 is 0 Å². The standard InChI is InChI=1S/C23H17N5O/c24-19-3-1-2-16-18(23(29)26-22(16)19)12-15-4-6-17-20(27-28-21(17)13-15)7-5-14-8-10-25-11-9-14/h1-13,26,29H,24H2/b7-5+,15-12?. The van der Waals surface area contributed by atoms with Gasteiger partial charge in [0.25, 0.3) is 0 Å². The monoisotopic (exact) mass is 379 g/mol. The number of anilines is 1. The Morgan fingerprint density at radius 2 is 1.83 bits per heavy atom. The fourth-order valence-corrected chi connectivity index (χ4v) is 3.43. The number of pyridine rings is 1. The number of hydrogen-bond acceptors (Lipinski definition) is 5. The molecular formula is C23H17N5O. The quantitative estimate of drug-likeness (QED) is 0.474. The molecule has 4 aromatic rings. The first kappa shape index (κ1) is 16.9. The lowest BCUT2D eigenvalue weighted by Gasteiger charge is -1.96. The molecule has 4 N–H and O–H groups in total. The second-order valence-electron chi connectivity index (χ2n) is 6.78. The summed E-state index contributed by atoms with van der Waals surface area (Å²) < 4.78 is 0. The molecule has 0 saturated carbocycles. The maximum Gasteiger partial charge on any atom is 0.196 e. The number of nitrogens with zero attached hydrogens (tertiary/aromatic N) is 3. The molecule has 3 heterocycles. The van der Waals surface area contributed by atoms with Crippen molar-refractivity contribution in [3.05, 3.63) is 88.6 Å². The van der Waals surface area contributed by atoms with Gasteiger partial charge in [0.2, 0.25) is 0 Å². The van der Waals surface area contributed by atoms with E-state index in [2.05, 4.69) is 20.2 Å². The summed E-state index contributed by atoms with van der Waals surface area (Å²) in [6.45, 7) is 0. The molecule has 2 aromatic heterocycles. The number of fused-ring (bicyclic) bond motifs is 2. The van der Waals surface area contributed by atoms with Crippen LogP contribution >= 0.6 is 0 Å². The lowest BCUT2D eigenvalue weighted by molar-refractivity contribution is 0.457. The largest absolute Gasteiger partial charge is 0.494 e. The van der Waals surface area contributed by atoms with Crippen molar-refractivity contribution in [2.45, 2.75) is 0 Å². The Morgan fingerprint density at radius 3 is 2.69 bits per heavy atom. The van der Waals surface area contributed by atoms with Crippen molar-refractivity contribution in [3.63, 3.8) is 0 Å². The molecule has 2 aromatic carbocycles. The van der Waals surface area contributed by atoms with Gasteiger partial charge in [-0.2, -0.15) is 0 Å². The zero-order chi connectivity index (χ0) is 19.8. The number of nitrogens with two attached hydrogens (primary N) is 1. The van der Waals surface area contributed by atoms with E-state index in [0.29, 0.717) is 11.3 Å². The van der Waals surface area contributed by atoms with Gasteiger partial charge in [-0.3, -0.25) is 4.98 Å². The minimum absolute atomic E-state index is 0.0903. The normalized spacial score (nSPS) is 13.7. The highest BCUT2D eigenvalue weighted by Crippen LogP contribution is 2.31. The number of para-hydroxylation sites is 1. The molecule has 0 unspecified atom stereocenters. The molecule has 5 rings (SSSR count). The Labute approximate surface area is 166 Å². The highest BCUT2D eigenvalue weighted by atomic mass is 16.3. The van der Waals surface area contributed by atoms with Crippen LogP contribution in [-0.2, 0) is 0 Å². The lowest BCUT2D eigenvalue weighted by atomic mass is 10.1. The maximum absolute atomic E-state index is 10.3. The Bertz CT molecular complexity index is 1420. The zero-order valence-corrected chi connectivity index (χ0v) is 15.4. The fraction of sp³-hybridized carbons (Fsp3) is 0. The SMILES string of the molecule is Nc1cccc2c(C=c3ccc4c(c3)N=NC=4/C=C/c3ccncc3)c(O)[nH]c12. The van der Waals surface area contributed by atoms with E-state index in [0.717, 1.165) is 38.3 Å². The Hall–Kier alpha value is -4.19. The summed E-state index contributed by atoms with van der Waals surface area (Å²) in [5.74, 6) is 0.0903. The number of H-pyrrole nitrogens is 1. The first-order valence-electron chi connectivity index (χ1n) is 9.14. The molecule has 29 heavy (non-hydrogen) atoms. The van der Waals surface area contributed by atoms with Gasteiger partial charge in [0, 0.05) is 28.6 Å². The number of benzene rings is 2. The van der Waals surface area contributed by atoms with Crippen LogP contribution in [0, 0.1) is 0 Å². The van der Waals surface area contributed by atoms with Crippen LogP contribution < -0.4 is 16.2 Å². The Balaban J connectivity index is 1.57. The third-order valence-corrected chi connectivity index (χ3v) is 4.90. The predicted octanol–water partition coefficient (Wildman–Crippen LogP) is 3.60. The van der Waals surface area contributed by atoms with E-state index < -0.39 is 0 Å². The van der Waals surface area contributed by atoms with E-state index in [1.54, 1.807) is 18.5 Å². The fourth-order valence-electron chi connectivity index (χ4n) is 3.43. The molecule has 6 heteroatoms. The van der Waals surface area contributed by atoms with Crippen LogP contribution in [0.3, 0.4) is 0 Å². The van der Waals surface area contributed by atoms with Gasteiger partial charge in [-0.1, -0.05) is 24.3 Å². The molecular weight excluding hydrogens is 362 g/mol. The van der Waals surface area contributed by atoms with Crippen molar-refractivity contribution in [3.8, 4) is 5.88 Å². The second kappa shape index (κ2) is 6.76. The number of aromatic hydroxyl groups is 1. The van der Waals surface area contributed by atoms with E-state index in [4.69, 9.17) is 5.73 Å². The number of rotatable bonds is 3. The summed E-state index contributed by atoms with van der Waals surface area (Å²) in [6.07, 6.45) is 9.35. The highest BCUT2D eigenvalue weighted by molar-refractivity contribution is 5.98. The summed E-state index contributed by atoms with van der Waals surface area (Å²) >= 11 is 0. The van der Waals surface area contributed by atoms with Crippen molar-refractivity contribution >= 4 is 40.1 Å². The van der Waals surface area contributed by atoms with Crippen LogP contribution in [0.15, 0.2) is 77.2 Å². The number of aromatic nitrogens is 2. The molecule has 140 valence electrons. The van der Waals surface area contributed by atoms with Crippen molar-refractivity contribution in [2.24, 2.45) is 10.2 Å². The summed E-state index contributed by atoms with van der Waals surface area (Å²) in [5, 5.41) is 21.7. The van der Waals surface area contributed by atoms with E-state index in [9.17, 15) is 5.11 Å². The van der Waals surface area contributed by atoms with Gasteiger partial charge >= 0.3 is 0 Å².